The van der Waals surface area contributed by atoms with Crippen LogP contribution in [0.5, 0.6) is 0 Å². The number of benzene rings is 2. The summed E-state index contributed by atoms with van der Waals surface area (Å²) in [7, 11) is 0. The number of halogens is 1. The maximum atomic E-state index is 15.3. The smallest absolute Gasteiger partial charge is 0.229 e. The maximum absolute atomic E-state index is 15.3. The average Bonchev–Trinajstić information content (AvgIpc) is 3.31. The van der Waals surface area contributed by atoms with Crippen LogP contribution in [-0.4, -0.2) is 22.4 Å². The van der Waals surface area contributed by atoms with E-state index in [1.807, 2.05) is 19.1 Å². The molecule has 0 spiro atoms. The van der Waals surface area contributed by atoms with E-state index in [-0.39, 0.29) is 22.7 Å². The lowest BCUT2D eigenvalue weighted by molar-refractivity contribution is 0.274. The summed E-state index contributed by atoms with van der Waals surface area (Å²) in [4.78, 5) is 7.15. The van der Waals surface area contributed by atoms with Crippen LogP contribution in [0.25, 0.3) is 11.1 Å². The fraction of sp³-hybridized carbons (Fsp3) is 0.500. The molecule has 3 aliphatic rings. The van der Waals surface area contributed by atoms with Gasteiger partial charge in [0, 0.05) is 40.9 Å². The summed E-state index contributed by atoms with van der Waals surface area (Å²) >= 11 is 0. The standard InChI is InChI=1S/C32H39FN4O/c1-5-32(33)18-27(32)22(4)37(26-8-6-7-24(17-26)23-9-11-25(34)12-10-23)20-30-13-15-31(19-30,16-14-30)29-35-28(21(2)3)38-36-29/h6-12,17,21,27H,4-5,13-16,18-20,34H2,1-3H3. The quantitative estimate of drug-likeness (QED) is 0.295. The van der Waals surface area contributed by atoms with Gasteiger partial charge in [0.15, 0.2) is 5.82 Å². The molecule has 3 aliphatic carbocycles. The molecule has 1 aromatic heterocycles. The Hall–Kier alpha value is -3.15. The first-order valence-electron chi connectivity index (χ1n) is 14.1. The highest BCUT2D eigenvalue weighted by Gasteiger charge is 2.60. The van der Waals surface area contributed by atoms with Gasteiger partial charge in [-0.2, -0.15) is 4.98 Å². The number of hydrogen-bond acceptors (Lipinski definition) is 5. The molecular formula is C32H39FN4O. The minimum Gasteiger partial charge on any atom is -0.399 e. The summed E-state index contributed by atoms with van der Waals surface area (Å²) in [6.45, 7) is 11.5. The number of alkyl halides is 1. The third kappa shape index (κ3) is 4.22. The van der Waals surface area contributed by atoms with Crippen molar-refractivity contribution in [1.82, 2.24) is 10.1 Å². The van der Waals surface area contributed by atoms with E-state index >= 15 is 4.39 Å². The first-order valence-corrected chi connectivity index (χ1v) is 14.1. The van der Waals surface area contributed by atoms with Gasteiger partial charge in [0.2, 0.25) is 5.89 Å². The molecule has 38 heavy (non-hydrogen) atoms. The van der Waals surface area contributed by atoms with Crippen molar-refractivity contribution in [2.75, 3.05) is 17.2 Å². The van der Waals surface area contributed by atoms with Gasteiger partial charge in [0.05, 0.1) is 0 Å². The average molecular weight is 515 g/mol. The Kier molecular flexibility index (Phi) is 5.93. The summed E-state index contributed by atoms with van der Waals surface area (Å²) < 4.78 is 20.9. The molecule has 0 radical (unpaired) electrons. The maximum Gasteiger partial charge on any atom is 0.229 e. The lowest BCUT2D eigenvalue weighted by atomic mass is 9.81. The lowest BCUT2D eigenvalue weighted by Crippen LogP contribution is -2.36. The van der Waals surface area contributed by atoms with Crippen molar-refractivity contribution >= 4 is 11.4 Å². The topological polar surface area (TPSA) is 68.2 Å². The van der Waals surface area contributed by atoms with Gasteiger partial charge in [0.25, 0.3) is 0 Å². The predicted octanol–water partition coefficient (Wildman–Crippen LogP) is 7.80. The fourth-order valence-corrected chi connectivity index (χ4v) is 7.03. The van der Waals surface area contributed by atoms with Crippen LogP contribution < -0.4 is 10.6 Å². The summed E-state index contributed by atoms with van der Waals surface area (Å²) in [5.74, 6) is 1.71. The number of fused-ring (bicyclic) bond motifs is 2. The van der Waals surface area contributed by atoms with E-state index in [4.69, 9.17) is 15.2 Å². The van der Waals surface area contributed by atoms with E-state index in [1.165, 1.54) is 0 Å². The zero-order chi connectivity index (χ0) is 26.7. The highest BCUT2D eigenvalue weighted by Crippen LogP contribution is 2.63. The van der Waals surface area contributed by atoms with Crippen molar-refractivity contribution in [3.63, 3.8) is 0 Å². The van der Waals surface area contributed by atoms with Gasteiger partial charge in [0.1, 0.15) is 5.67 Å². The number of anilines is 2. The Morgan fingerprint density at radius 1 is 1.13 bits per heavy atom. The van der Waals surface area contributed by atoms with Gasteiger partial charge in [-0.1, -0.05) is 56.8 Å². The zero-order valence-electron chi connectivity index (χ0n) is 22.8. The van der Waals surface area contributed by atoms with Gasteiger partial charge in [-0.25, -0.2) is 4.39 Å². The Labute approximate surface area is 225 Å². The molecule has 200 valence electrons. The largest absolute Gasteiger partial charge is 0.399 e. The molecule has 3 aromatic rings. The van der Waals surface area contributed by atoms with Crippen molar-refractivity contribution in [3.8, 4) is 11.1 Å². The first-order chi connectivity index (χ1) is 18.2. The number of hydrogen-bond donors (Lipinski definition) is 1. The molecule has 0 saturated heterocycles. The Balaban J connectivity index is 1.31. The molecule has 2 N–H and O–H groups in total. The Bertz CT molecular complexity index is 1340. The van der Waals surface area contributed by atoms with E-state index < -0.39 is 5.67 Å². The fourth-order valence-electron chi connectivity index (χ4n) is 7.03. The molecule has 2 aromatic carbocycles. The Morgan fingerprint density at radius 2 is 1.87 bits per heavy atom. The molecule has 2 bridgehead atoms. The van der Waals surface area contributed by atoms with E-state index in [1.54, 1.807) is 0 Å². The second-order valence-electron chi connectivity index (χ2n) is 12.5. The zero-order valence-corrected chi connectivity index (χ0v) is 22.8. The van der Waals surface area contributed by atoms with Crippen LogP contribution in [0, 0.1) is 11.3 Å². The number of rotatable bonds is 9. The molecule has 0 amide bonds. The Morgan fingerprint density at radius 3 is 2.50 bits per heavy atom. The van der Waals surface area contributed by atoms with Gasteiger partial charge in [-0.3, -0.25) is 0 Å². The molecule has 1 heterocycles. The molecule has 2 unspecified atom stereocenters. The van der Waals surface area contributed by atoms with Crippen LogP contribution in [-0.2, 0) is 5.41 Å². The van der Waals surface area contributed by atoms with Crippen LogP contribution in [0.15, 0.2) is 65.3 Å². The van der Waals surface area contributed by atoms with E-state index in [2.05, 4.69) is 66.9 Å². The van der Waals surface area contributed by atoms with Crippen LogP contribution in [0.4, 0.5) is 15.8 Å². The van der Waals surface area contributed by atoms with E-state index in [9.17, 15) is 0 Å². The van der Waals surface area contributed by atoms with Crippen molar-refractivity contribution < 1.29 is 8.91 Å². The monoisotopic (exact) mass is 514 g/mol. The van der Waals surface area contributed by atoms with Crippen molar-refractivity contribution in [2.24, 2.45) is 11.3 Å². The number of aromatic nitrogens is 2. The van der Waals surface area contributed by atoms with Crippen LogP contribution in [0.1, 0.15) is 83.3 Å². The molecule has 3 fully saturated rings. The molecule has 5 nitrogen and oxygen atoms in total. The summed E-state index contributed by atoms with van der Waals surface area (Å²) in [6, 6.07) is 16.5. The van der Waals surface area contributed by atoms with Crippen LogP contribution in [0.3, 0.4) is 0 Å². The van der Waals surface area contributed by atoms with Gasteiger partial charge >= 0.3 is 0 Å². The number of allylic oxidation sites excluding steroid dienone is 1. The number of nitrogen functional groups attached to an aromatic ring is 1. The molecular weight excluding hydrogens is 475 g/mol. The third-order valence-corrected chi connectivity index (χ3v) is 9.63. The van der Waals surface area contributed by atoms with Gasteiger partial charge in [-0.15, -0.1) is 0 Å². The van der Waals surface area contributed by atoms with Crippen molar-refractivity contribution in [2.45, 2.75) is 82.7 Å². The van der Waals surface area contributed by atoms with Crippen molar-refractivity contribution in [1.29, 1.82) is 0 Å². The molecule has 3 saturated carbocycles. The normalized spacial score (nSPS) is 29.7. The highest BCUT2D eigenvalue weighted by molar-refractivity contribution is 5.71. The van der Waals surface area contributed by atoms with Gasteiger partial charge < -0.3 is 15.2 Å². The van der Waals surface area contributed by atoms with Crippen LogP contribution in [0.2, 0.25) is 0 Å². The molecule has 0 aliphatic heterocycles. The minimum atomic E-state index is -1.13. The molecule has 6 rings (SSSR count). The molecule has 6 heteroatoms. The predicted molar refractivity (Wildman–Crippen MR) is 151 cm³/mol. The summed E-state index contributed by atoms with van der Waals surface area (Å²) in [5.41, 5.74) is 9.88. The molecule has 2 atom stereocenters. The summed E-state index contributed by atoms with van der Waals surface area (Å²) in [5, 5.41) is 4.44. The van der Waals surface area contributed by atoms with Crippen LogP contribution >= 0.6 is 0 Å². The summed E-state index contributed by atoms with van der Waals surface area (Å²) in [6.07, 6.45) is 6.49. The lowest BCUT2D eigenvalue weighted by Gasteiger charge is -2.37. The highest BCUT2D eigenvalue weighted by atomic mass is 19.1. The second kappa shape index (κ2) is 8.96. The van der Waals surface area contributed by atoms with E-state index in [0.717, 1.165) is 78.6 Å². The number of nitrogens with zero attached hydrogens (tertiary/aromatic N) is 3. The SMILES string of the molecule is C=C(C1CC1(F)CC)N(CC12CCC(c3noc(C(C)C)n3)(CC1)C2)c1cccc(-c2ccc(N)cc2)c1. The third-order valence-electron chi connectivity index (χ3n) is 9.63. The van der Waals surface area contributed by atoms with Gasteiger partial charge in [-0.05, 0) is 85.8 Å². The number of nitrogens with two attached hydrogens (primary N) is 1. The van der Waals surface area contributed by atoms with E-state index in [0.29, 0.717) is 12.8 Å². The van der Waals surface area contributed by atoms with Crippen molar-refractivity contribution in [3.05, 3.63) is 72.5 Å². The first kappa shape index (κ1) is 25.1. The second-order valence-corrected chi connectivity index (χ2v) is 12.5. The minimum absolute atomic E-state index is 0.0116.